The summed E-state index contributed by atoms with van der Waals surface area (Å²) in [6.07, 6.45) is 4.57. The zero-order valence-corrected chi connectivity index (χ0v) is 10.8. The predicted molar refractivity (Wildman–Crippen MR) is 66.4 cm³/mol. The van der Waals surface area contributed by atoms with Gasteiger partial charge in [0, 0.05) is 12.6 Å². The molecule has 2 atom stereocenters. The van der Waals surface area contributed by atoms with Gasteiger partial charge in [0.1, 0.15) is 0 Å². The first-order valence-corrected chi connectivity index (χ1v) is 6.29. The molecule has 0 saturated carbocycles. The molecule has 16 heavy (non-hydrogen) atoms. The number of likely N-dealkylation sites (N-methyl/N-ethyl adjacent to an activating group) is 1. The Morgan fingerprint density at radius 2 is 2.19 bits per heavy atom. The molecule has 1 fully saturated rings. The highest BCUT2D eigenvalue weighted by Gasteiger charge is 2.19. The summed E-state index contributed by atoms with van der Waals surface area (Å²) in [5.74, 6) is 0.163. The zero-order chi connectivity index (χ0) is 12.0. The summed E-state index contributed by atoms with van der Waals surface area (Å²) in [6, 6.07) is 0.409. The number of amides is 1. The second-order valence-corrected chi connectivity index (χ2v) is 4.91. The number of nitrogens with zero attached hydrogens (tertiary/aromatic N) is 1. The van der Waals surface area contributed by atoms with Gasteiger partial charge in [0.05, 0.1) is 6.04 Å². The molecule has 1 saturated heterocycles. The number of carbonyl (C=O) groups excluding carboxylic acids is 1. The molecule has 1 aliphatic rings. The summed E-state index contributed by atoms with van der Waals surface area (Å²) in [4.78, 5) is 14.0. The lowest BCUT2D eigenvalue weighted by molar-refractivity contribution is -0.123. The largest absolute Gasteiger partial charge is 0.353 e. The van der Waals surface area contributed by atoms with Crippen LogP contribution in [0.4, 0.5) is 0 Å². The lowest BCUT2D eigenvalue weighted by Crippen LogP contribution is -2.47. The predicted octanol–water partition coefficient (Wildman–Crippen LogP) is 0.585. The van der Waals surface area contributed by atoms with Gasteiger partial charge >= 0.3 is 0 Å². The van der Waals surface area contributed by atoms with Crippen LogP contribution in [0, 0.1) is 0 Å². The SMILES string of the molecule is CC(CNC(=O)C1CCCCCN1)N(C)C. The average Bonchev–Trinajstić information content (AvgIpc) is 2.53. The maximum absolute atomic E-state index is 11.9. The molecule has 94 valence electrons. The molecule has 4 heteroatoms. The molecule has 0 aromatic rings. The number of hydrogen-bond acceptors (Lipinski definition) is 3. The summed E-state index contributed by atoms with van der Waals surface area (Å²) in [6.45, 7) is 3.81. The van der Waals surface area contributed by atoms with E-state index in [9.17, 15) is 4.79 Å². The third-order valence-electron chi connectivity index (χ3n) is 3.33. The van der Waals surface area contributed by atoms with Crippen molar-refractivity contribution >= 4 is 5.91 Å². The molecule has 0 aliphatic carbocycles. The van der Waals surface area contributed by atoms with E-state index in [4.69, 9.17) is 0 Å². The molecule has 2 N–H and O–H groups in total. The van der Waals surface area contributed by atoms with Gasteiger partial charge in [0.15, 0.2) is 0 Å². The molecule has 4 nitrogen and oxygen atoms in total. The molecule has 1 rings (SSSR count). The van der Waals surface area contributed by atoms with Gasteiger partial charge in [-0.05, 0) is 40.4 Å². The Balaban J connectivity index is 2.27. The van der Waals surface area contributed by atoms with Crippen LogP contribution in [0.15, 0.2) is 0 Å². The highest BCUT2D eigenvalue weighted by molar-refractivity contribution is 5.81. The van der Waals surface area contributed by atoms with Crippen molar-refractivity contribution in [3.05, 3.63) is 0 Å². The number of hydrogen-bond donors (Lipinski definition) is 2. The second kappa shape index (κ2) is 6.86. The minimum absolute atomic E-state index is 0.0249. The van der Waals surface area contributed by atoms with Crippen LogP contribution in [0.1, 0.15) is 32.6 Å². The lowest BCUT2D eigenvalue weighted by atomic mass is 10.1. The van der Waals surface area contributed by atoms with Crippen LogP contribution in [0.25, 0.3) is 0 Å². The third-order valence-corrected chi connectivity index (χ3v) is 3.33. The second-order valence-electron chi connectivity index (χ2n) is 4.91. The van der Waals surface area contributed by atoms with Crippen LogP contribution in [-0.2, 0) is 4.79 Å². The monoisotopic (exact) mass is 227 g/mol. The first-order chi connectivity index (χ1) is 7.61. The van der Waals surface area contributed by atoms with Crippen LogP contribution in [0.2, 0.25) is 0 Å². The first kappa shape index (κ1) is 13.5. The molecule has 1 amide bonds. The number of carbonyl (C=O) groups is 1. The van der Waals surface area contributed by atoms with Crippen molar-refractivity contribution in [2.24, 2.45) is 0 Å². The number of nitrogens with one attached hydrogen (secondary N) is 2. The van der Waals surface area contributed by atoms with E-state index in [2.05, 4.69) is 22.5 Å². The maximum Gasteiger partial charge on any atom is 0.237 e. The average molecular weight is 227 g/mol. The Morgan fingerprint density at radius 1 is 1.44 bits per heavy atom. The Hall–Kier alpha value is -0.610. The van der Waals surface area contributed by atoms with Gasteiger partial charge in [-0.25, -0.2) is 0 Å². The Labute approximate surface area is 98.8 Å². The van der Waals surface area contributed by atoms with Crippen molar-refractivity contribution in [1.29, 1.82) is 0 Å². The molecule has 1 aliphatic heterocycles. The van der Waals surface area contributed by atoms with Gasteiger partial charge in [0.25, 0.3) is 0 Å². The van der Waals surface area contributed by atoms with Crippen LogP contribution in [0.3, 0.4) is 0 Å². The van der Waals surface area contributed by atoms with Gasteiger partial charge in [-0.2, -0.15) is 0 Å². The summed E-state index contributed by atoms with van der Waals surface area (Å²) < 4.78 is 0. The molecular formula is C12H25N3O. The fraction of sp³-hybridized carbons (Fsp3) is 0.917. The van der Waals surface area contributed by atoms with Crippen molar-refractivity contribution in [3.63, 3.8) is 0 Å². The number of rotatable bonds is 4. The van der Waals surface area contributed by atoms with Crippen LogP contribution in [0.5, 0.6) is 0 Å². The highest BCUT2D eigenvalue weighted by Crippen LogP contribution is 2.08. The molecule has 0 bridgehead atoms. The first-order valence-electron chi connectivity index (χ1n) is 6.29. The van der Waals surface area contributed by atoms with Crippen molar-refractivity contribution in [1.82, 2.24) is 15.5 Å². The Bertz CT molecular complexity index is 210. The van der Waals surface area contributed by atoms with Gasteiger partial charge < -0.3 is 15.5 Å². The molecule has 2 unspecified atom stereocenters. The summed E-state index contributed by atoms with van der Waals surface area (Å²) in [5.41, 5.74) is 0. The van der Waals surface area contributed by atoms with Gasteiger partial charge in [0.2, 0.25) is 5.91 Å². The minimum atomic E-state index is 0.0249. The van der Waals surface area contributed by atoms with E-state index in [1.165, 1.54) is 12.8 Å². The fourth-order valence-electron chi connectivity index (χ4n) is 1.81. The van der Waals surface area contributed by atoms with Gasteiger partial charge in [-0.3, -0.25) is 4.79 Å². The third kappa shape index (κ3) is 4.49. The molecule has 0 spiro atoms. The highest BCUT2D eigenvalue weighted by atomic mass is 16.2. The lowest BCUT2D eigenvalue weighted by Gasteiger charge is -2.22. The van der Waals surface area contributed by atoms with Gasteiger partial charge in [-0.15, -0.1) is 0 Å². The summed E-state index contributed by atoms with van der Waals surface area (Å²) in [5, 5.41) is 6.33. The summed E-state index contributed by atoms with van der Waals surface area (Å²) in [7, 11) is 4.06. The Morgan fingerprint density at radius 3 is 2.88 bits per heavy atom. The molecular weight excluding hydrogens is 202 g/mol. The molecule has 0 aromatic carbocycles. The van der Waals surface area contributed by atoms with Crippen molar-refractivity contribution in [3.8, 4) is 0 Å². The van der Waals surface area contributed by atoms with E-state index in [1.807, 2.05) is 14.1 Å². The zero-order valence-electron chi connectivity index (χ0n) is 10.8. The van der Waals surface area contributed by atoms with Gasteiger partial charge in [-0.1, -0.05) is 12.8 Å². The summed E-state index contributed by atoms with van der Waals surface area (Å²) >= 11 is 0. The van der Waals surface area contributed by atoms with E-state index >= 15 is 0 Å². The van der Waals surface area contributed by atoms with Crippen LogP contribution in [-0.4, -0.2) is 50.1 Å². The van der Waals surface area contributed by atoms with Crippen LogP contribution < -0.4 is 10.6 Å². The Kier molecular flexibility index (Phi) is 5.77. The van der Waals surface area contributed by atoms with E-state index in [0.717, 1.165) is 25.9 Å². The van der Waals surface area contributed by atoms with Crippen LogP contribution >= 0.6 is 0 Å². The molecule has 0 aromatic heterocycles. The van der Waals surface area contributed by atoms with Crippen molar-refractivity contribution in [2.75, 3.05) is 27.2 Å². The molecule has 0 radical (unpaired) electrons. The standard InChI is InChI=1S/C12H25N3O/c1-10(15(2)3)9-14-12(16)11-7-5-4-6-8-13-11/h10-11,13H,4-9H2,1-3H3,(H,14,16). The van der Waals surface area contributed by atoms with E-state index in [-0.39, 0.29) is 11.9 Å². The van der Waals surface area contributed by atoms with E-state index < -0.39 is 0 Å². The van der Waals surface area contributed by atoms with Crippen molar-refractivity contribution < 1.29 is 4.79 Å². The smallest absolute Gasteiger partial charge is 0.237 e. The normalized spacial score (nSPS) is 23.9. The quantitative estimate of drug-likeness (QED) is 0.738. The van der Waals surface area contributed by atoms with E-state index in [0.29, 0.717) is 6.04 Å². The minimum Gasteiger partial charge on any atom is -0.353 e. The topological polar surface area (TPSA) is 44.4 Å². The van der Waals surface area contributed by atoms with Crippen molar-refractivity contribution in [2.45, 2.75) is 44.7 Å². The molecule has 1 heterocycles. The fourth-order valence-corrected chi connectivity index (χ4v) is 1.81. The maximum atomic E-state index is 11.9. The van der Waals surface area contributed by atoms with E-state index in [1.54, 1.807) is 0 Å².